The molecule has 0 amide bonds. The van der Waals surface area contributed by atoms with E-state index in [1.54, 1.807) is 0 Å². The summed E-state index contributed by atoms with van der Waals surface area (Å²) >= 11 is 0. The van der Waals surface area contributed by atoms with E-state index in [1.165, 1.54) is 11.1 Å². The molecule has 3 heteroatoms. The van der Waals surface area contributed by atoms with Gasteiger partial charge < -0.3 is 9.88 Å². The monoisotopic (exact) mass is 285 g/mol. The summed E-state index contributed by atoms with van der Waals surface area (Å²) < 4.78 is 2.01. The Morgan fingerprint density at radius 3 is 2.43 bits per heavy atom. The average molecular weight is 285 g/mol. The molecule has 0 radical (unpaired) electrons. The van der Waals surface area contributed by atoms with Crippen molar-refractivity contribution in [2.24, 2.45) is 7.05 Å². The molecule has 1 aromatic heterocycles. The smallest absolute Gasteiger partial charge is 0.0947 e. The van der Waals surface area contributed by atoms with Crippen molar-refractivity contribution in [2.45, 2.75) is 45.6 Å². The first-order valence-corrected chi connectivity index (χ1v) is 7.90. The van der Waals surface area contributed by atoms with E-state index in [4.69, 9.17) is 0 Å². The van der Waals surface area contributed by atoms with Crippen molar-refractivity contribution in [2.75, 3.05) is 6.54 Å². The lowest BCUT2D eigenvalue weighted by Gasteiger charge is -2.17. The number of imidazole rings is 1. The third-order valence-electron chi connectivity index (χ3n) is 3.81. The highest BCUT2D eigenvalue weighted by atomic mass is 15.0. The van der Waals surface area contributed by atoms with Crippen LogP contribution in [0.5, 0.6) is 0 Å². The van der Waals surface area contributed by atoms with Crippen molar-refractivity contribution in [3.63, 3.8) is 0 Å². The first kappa shape index (κ1) is 15.8. The Kier molecular flexibility index (Phi) is 5.57. The zero-order valence-electron chi connectivity index (χ0n) is 13.6. The second kappa shape index (κ2) is 7.41. The van der Waals surface area contributed by atoms with Gasteiger partial charge in [0.25, 0.3) is 0 Å². The van der Waals surface area contributed by atoms with Crippen LogP contribution in [-0.4, -0.2) is 16.1 Å². The molecule has 1 unspecified atom stereocenters. The average Bonchev–Trinajstić information content (AvgIpc) is 2.90. The van der Waals surface area contributed by atoms with Crippen LogP contribution in [0.1, 0.15) is 56.0 Å². The third kappa shape index (κ3) is 4.43. The highest BCUT2D eigenvalue weighted by molar-refractivity contribution is 5.26. The molecule has 0 fully saturated rings. The SMILES string of the molecule is CCCNC(Cc1ccc(C(C)C)cc1)c1cn(C)cn1. The fraction of sp³-hybridized carbons (Fsp3) is 0.500. The second-order valence-corrected chi connectivity index (χ2v) is 6.07. The molecule has 21 heavy (non-hydrogen) atoms. The zero-order valence-corrected chi connectivity index (χ0v) is 13.6. The Morgan fingerprint density at radius 1 is 1.19 bits per heavy atom. The molecule has 1 heterocycles. The lowest BCUT2D eigenvalue weighted by molar-refractivity contribution is 0.519. The largest absolute Gasteiger partial charge is 0.340 e. The van der Waals surface area contributed by atoms with Crippen molar-refractivity contribution in [1.29, 1.82) is 0 Å². The van der Waals surface area contributed by atoms with Crippen LogP contribution < -0.4 is 5.32 Å². The number of nitrogens with zero attached hydrogens (tertiary/aromatic N) is 2. The summed E-state index contributed by atoms with van der Waals surface area (Å²) in [5.74, 6) is 0.587. The van der Waals surface area contributed by atoms with Gasteiger partial charge in [0.15, 0.2) is 0 Å². The second-order valence-electron chi connectivity index (χ2n) is 6.07. The Balaban J connectivity index is 2.10. The van der Waals surface area contributed by atoms with Gasteiger partial charge >= 0.3 is 0 Å². The number of hydrogen-bond acceptors (Lipinski definition) is 2. The molecular weight excluding hydrogens is 258 g/mol. The predicted molar refractivity (Wildman–Crippen MR) is 88.5 cm³/mol. The van der Waals surface area contributed by atoms with Crippen molar-refractivity contribution in [3.8, 4) is 0 Å². The van der Waals surface area contributed by atoms with Gasteiger partial charge in [0.05, 0.1) is 18.1 Å². The van der Waals surface area contributed by atoms with Crippen molar-refractivity contribution < 1.29 is 0 Å². The van der Waals surface area contributed by atoms with E-state index in [-0.39, 0.29) is 6.04 Å². The fourth-order valence-corrected chi connectivity index (χ4v) is 2.49. The Bertz CT molecular complexity index is 540. The number of aromatic nitrogens is 2. The Morgan fingerprint density at radius 2 is 1.90 bits per heavy atom. The van der Waals surface area contributed by atoms with Crippen LogP contribution in [0.15, 0.2) is 36.8 Å². The summed E-state index contributed by atoms with van der Waals surface area (Å²) in [4.78, 5) is 4.51. The summed E-state index contributed by atoms with van der Waals surface area (Å²) in [6, 6.07) is 9.28. The van der Waals surface area contributed by atoms with Crippen LogP contribution in [0.4, 0.5) is 0 Å². The molecule has 0 spiro atoms. The topological polar surface area (TPSA) is 29.9 Å². The molecule has 0 aliphatic rings. The van der Waals surface area contributed by atoms with Gasteiger partial charge in [-0.1, -0.05) is 45.0 Å². The maximum absolute atomic E-state index is 4.51. The maximum Gasteiger partial charge on any atom is 0.0947 e. The quantitative estimate of drug-likeness (QED) is 0.838. The molecule has 2 rings (SSSR count). The molecule has 114 valence electrons. The van der Waals surface area contributed by atoms with Gasteiger partial charge in [0.2, 0.25) is 0 Å². The van der Waals surface area contributed by atoms with Crippen LogP contribution in [0.2, 0.25) is 0 Å². The molecular formula is C18H27N3. The van der Waals surface area contributed by atoms with Gasteiger partial charge in [-0.2, -0.15) is 0 Å². The maximum atomic E-state index is 4.51. The molecule has 2 aromatic rings. The van der Waals surface area contributed by atoms with Gasteiger partial charge in [-0.25, -0.2) is 4.98 Å². The molecule has 3 nitrogen and oxygen atoms in total. The predicted octanol–water partition coefficient (Wildman–Crippen LogP) is 3.83. The van der Waals surface area contributed by atoms with Crippen LogP contribution in [0.25, 0.3) is 0 Å². The molecule has 1 aromatic carbocycles. The molecule has 0 saturated carbocycles. The first-order chi connectivity index (χ1) is 10.1. The van der Waals surface area contributed by atoms with Gasteiger partial charge in [-0.3, -0.25) is 0 Å². The van der Waals surface area contributed by atoms with E-state index in [2.05, 4.69) is 61.5 Å². The van der Waals surface area contributed by atoms with Crippen LogP contribution in [0.3, 0.4) is 0 Å². The third-order valence-corrected chi connectivity index (χ3v) is 3.81. The lowest BCUT2D eigenvalue weighted by atomic mass is 9.98. The Hall–Kier alpha value is -1.61. The molecule has 1 N–H and O–H groups in total. The molecule has 0 bridgehead atoms. The fourth-order valence-electron chi connectivity index (χ4n) is 2.49. The molecule has 1 atom stereocenters. The van der Waals surface area contributed by atoms with Gasteiger partial charge in [-0.15, -0.1) is 0 Å². The zero-order chi connectivity index (χ0) is 15.2. The first-order valence-electron chi connectivity index (χ1n) is 7.90. The number of benzene rings is 1. The number of aryl methyl sites for hydroxylation is 1. The molecule has 0 aliphatic heterocycles. The highest BCUT2D eigenvalue weighted by Gasteiger charge is 2.14. The normalized spacial score (nSPS) is 12.8. The van der Waals surface area contributed by atoms with E-state index in [1.807, 2.05) is 17.9 Å². The van der Waals surface area contributed by atoms with Crippen LogP contribution in [0, 0.1) is 0 Å². The van der Waals surface area contributed by atoms with Crippen molar-refractivity contribution >= 4 is 0 Å². The minimum Gasteiger partial charge on any atom is -0.340 e. The minimum atomic E-state index is 0.288. The van der Waals surface area contributed by atoms with E-state index in [9.17, 15) is 0 Å². The number of rotatable bonds is 7. The molecule has 0 aliphatic carbocycles. The summed E-state index contributed by atoms with van der Waals surface area (Å²) in [6.45, 7) is 7.67. The summed E-state index contributed by atoms with van der Waals surface area (Å²) in [6.07, 6.45) is 6.10. The van der Waals surface area contributed by atoms with Gasteiger partial charge in [0, 0.05) is 13.2 Å². The molecule has 0 saturated heterocycles. The summed E-state index contributed by atoms with van der Waals surface area (Å²) in [5, 5.41) is 3.61. The standard InChI is InChI=1S/C18H27N3/c1-5-10-19-17(18-12-21(4)13-20-18)11-15-6-8-16(9-7-15)14(2)3/h6-9,12-14,17,19H,5,10-11H2,1-4H3. The summed E-state index contributed by atoms with van der Waals surface area (Å²) in [7, 11) is 2.02. The van der Waals surface area contributed by atoms with Gasteiger partial charge in [0.1, 0.15) is 0 Å². The van der Waals surface area contributed by atoms with E-state index < -0.39 is 0 Å². The van der Waals surface area contributed by atoms with Crippen LogP contribution >= 0.6 is 0 Å². The van der Waals surface area contributed by atoms with Gasteiger partial charge in [-0.05, 0) is 36.4 Å². The van der Waals surface area contributed by atoms with Crippen LogP contribution in [-0.2, 0) is 13.5 Å². The van der Waals surface area contributed by atoms with Crippen molar-refractivity contribution in [1.82, 2.24) is 14.9 Å². The summed E-state index contributed by atoms with van der Waals surface area (Å²) in [5.41, 5.74) is 3.88. The van der Waals surface area contributed by atoms with E-state index in [0.717, 1.165) is 25.1 Å². The lowest BCUT2D eigenvalue weighted by Crippen LogP contribution is -2.24. The highest BCUT2D eigenvalue weighted by Crippen LogP contribution is 2.20. The van der Waals surface area contributed by atoms with Crippen molar-refractivity contribution in [3.05, 3.63) is 53.6 Å². The Labute approximate surface area is 128 Å². The minimum absolute atomic E-state index is 0.288. The number of nitrogens with one attached hydrogen (secondary N) is 1. The number of hydrogen-bond donors (Lipinski definition) is 1. The van der Waals surface area contributed by atoms with E-state index in [0.29, 0.717) is 5.92 Å². The van der Waals surface area contributed by atoms with E-state index >= 15 is 0 Å².